The lowest BCUT2D eigenvalue weighted by Gasteiger charge is -2.20. The van der Waals surface area contributed by atoms with Crippen LogP contribution in [0.2, 0.25) is 0 Å². The Morgan fingerprint density at radius 1 is 1.58 bits per heavy atom. The van der Waals surface area contributed by atoms with E-state index in [1.54, 1.807) is 4.90 Å². The number of rotatable bonds is 0. The molecule has 0 unspecified atom stereocenters. The summed E-state index contributed by atoms with van der Waals surface area (Å²) in [5, 5.41) is 12.1. The lowest BCUT2D eigenvalue weighted by Crippen LogP contribution is -2.36. The van der Waals surface area contributed by atoms with E-state index in [1.165, 1.54) is 0 Å². The highest BCUT2D eigenvalue weighted by Gasteiger charge is 2.43. The van der Waals surface area contributed by atoms with Gasteiger partial charge in [0.1, 0.15) is 0 Å². The molecule has 2 N–H and O–H groups in total. The molecular weight excluding hydrogens is 156 g/mol. The first kappa shape index (κ1) is 7.86. The van der Waals surface area contributed by atoms with Crippen molar-refractivity contribution < 1.29 is 9.90 Å². The van der Waals surface area contributed by atoms with Crippen LogP contribution in [-0.2, 0) is 0 Å². The predicted molar refractivity (Wildman–Crippen MR) is 44.0 cm³/mol. The van der Waals surface area contributed by atoms with Crippen molar-refractivity contribution in [2.24, 2.45) is 11.8 Å². The fraction of sp³-hybridized carbons (Fsp3) is 0.875. The molecule has 4 heteroatoms. The molecule has 2 aliphatic rings. The zero-order chi connectivity index (χ0) is 8.72. The van der Waals surface area contributed by atoms with Crippen molar-refractivity contribution in [1.29, 1.82) is 0 Å². The topological polar surface area (TPSA) is 52.6 Å². The van der Waals surface area contributed by atoms with E-state index in [-0.39, 0.29) is 6.04 Å². The van der Waals surface area contributed by atoms with Gasteiger partial charge in [0.05, 0.1) is 0 Å². The minimum Gasteiger partial charge on any atom is -0.465 e. The molecule has 12 heavy (non-hydrogen) atoms. The Morgan fingerprint density at radius 3 is 2.92 bits per heavy atom. The molecule has 0 saturated carbocycles. The van der Waals surface area contributed by atoms with Crippen LogP contribution < -0.4 is 5.32 Å². The standard InChI is InChI=1S/C8H14N2O2/c1-5-7-3-9-2-6(7)4-10(5)8(11)12/h5-7,9H,2-4H2,1H3,(H,11,12)/t5-,6+,7-/m1/s1. The third-order valence-electron chi connectivity index (χ3n) is 3.18. The second kappa shape index (κ2) is 2.62. The predicted octanol–water partition coefficient (Wildman–Crippen LogP) is 0.204. The van der Waals surface area contributed by atoms with Crippen molar-refractivity contribution >= 4 is 6.09 Å². The van der Waals surface area contributed by atoms with Crippen LogP contribution in [0.5, 0.6) is 0 Å². The summed E-state index contributed by atoms with van der Waals surface area (Å²) >= 11 is 0. The van der Waals surface area contributed by atoms with Gasteiger partial charge in [-0.3, -0.25) is 0 Å². The Kier molecular flexibility index (Phi) is 1.72. The molecule has 2 saturated heterocycles. The Morgan fingerprint density at radius 2 is 2.33 bits per heavy atom. The average molecular weight is 170 g/mol. The van der Waals surface area contributed by atoms with E-state index in [4.69, 9.17) is 5.11 Å². The number of likely N-dealkylation sites (tertiary alicyclic amines) is 1. The van der Waals surface area contributed by atoms with Crippen molar-refractivity contribution in [1.82, 2.24) is 10.2 Å². The summed E-state index contributed by atoms with van der Waals surface area (Å²) in [5.74, 6) is 1.09. The van der Waals surface area contributed by atoms with E-state index in [0.29, 0.717) is 18.4 Å². The molecule has 68 valence electrons. The van der Waals surface area contributed by atoms with Gasteiger partial charge in [0, 0.05) is 25.7 Å². The van der Waals surface area contributed by atoms with Gasteiger partial charge in [0.25, 0.3) is 0 Å². The Bertz CT molecular complexity index is 207. The molecule has 0 aromatic carbocycles. The van der Waals surface area contributed by atoms with Crippen LogP contribution in [0.3, 0.4) is 0 Å². The third kappa shape index (κ3) is 0.982. The van der Waals surface area contributed by atoms with Crippen LogP contribution in [-0.4, -0.2) is 41.8 Å². The van der Waals surface area contributed by atoms with Crippen LogP contribution in [0.4, 0.5) is 4.79 Å². The lowest BCUT2D eigenvalue weighted by molar-refractivity contribution is 0.137. The van der Waals surface area contributed by atoms with Crippen LogP contribution in [0.15, 0.2) is 0 Å². The zero-order valence-corrected chi connectivity index (χ0v) is 7.16. The minimum absolute atomic E-state index is 0.197. The smallest absolute Gasteiger partial charge is 0.407 e. The molecule has 0 aliphatic carbocycles. The third-order valence-corrected chi connectivity index (χ3v) is 3.18. The van der Waals surface area contributed by atoms with Crippen LogP contribution in [0.1, 0.15) is 6.92 Å². The van der Waals surface area contributed by atoms with Gasteiger partial charge in [-0.1, -0.05) is 0 Å². The Labute approximate surface area is 71.5 Å². The molecule has 0 aromatic heterocycles. The Balaban J connectivity index is 2.10. The largest absolute Gasteiger partial charge is 0.465 e. The van der Waals surface area contributed by atoms with Gasteiger partial charge >= 0.3 is 6.09 Å². The van der Waals surface area contributed by atoms with Crippen LogP contribution >= 0.6 is 0 Å². The number of nitrogens with one attached hydrogen (secondary N) is 1. The average Bonchev–Trinajstić information content (AvgIpc) is 2.53. The molecule has 2 fully saturated rings. The van der Waals surface area contributed by atoms with Gasteiger partial charge in [0.15, 0.2) is 0 Å². The SMILES string of the molecule is C[C@@H]1[C@H]2CNC[C@H]2CN1C(=O)O. The first-order valence-electron chi connectivity index (χ1n) is 4.40. The maximum absolute atomic E-state index is 10.7. The minimum atomic E-state index is -0.767. The summed E-state index contributed by atoms with van der Waals surface area (Å²) in [4.78, 5) is 12.3. The van der Waals surface area contributed by atoms with Gasteiger partial charge in [-0.25, -0.2) is 4.79 Å². The molecule has 0 spiro atoms. The first-order chi connectivity index (χ1) is 5.70. The van der Waals surface area contributed by atoms with E-state index in [9.17, 15) is 4.79 Å². The molecule has 0 aromatic rings. The number of hydrogen-bond acceptors (Lipinski definition) is 2. The van der Waals surface area contributed by atoms with Crippen molar-refractivity contribution in [2.75, 3.05) is 19.6 Å². The molecular formula is C8H14N2O2. The number of fused-ring (bicyclic) bond motifs is 1. The van der Waals surface area contributed by atoms with Crippen molar-refractivity contribution in [3.05, 3.63) is 0 Å². The second-order valence-corrected chi connectivity index (χ2v) is 3.76. The lowest BCUT2D eigenvalue weighted by atomic mass is 9.95. The molecule has 3 atom stereocenters. The molecule has 1 amide bonds. The van der Waals surface area contributed by atoms with Gasteiger partial charge in [-0.15, -0.1) is 0 Å². The number of hydrogen-bond donors (Lipinski definition) is 2. The van der Waals surface area contributed by atoms with E-state index in [2.05, 4.69) is 5.32 Å². The molecule has 0 bridgehead atoms. The van der Waals surface area contributed by atoms with E-state index >= 15 is 0 Å². The fourth-order valence-electron chi connectivity index (χ4n) is 2.42. The van der Waals surface area contributed by atoms with Crippen molar-refractivity contribution in [3.63, 3.8) is 0 Å². The van der Waals surface area contributed by atoms with E-state index < -0.39 is 6.09 Å². The summed E-state index contributed by atoms with van der Waals surface area (Å²) in [5.41, 5.74) is 0. The Hall–Kier alpha value is -0.770. The summed E-state index contributed by atoms with van der Waals surface area (Å²) < 4.78 is 0. The number of carbonyl (C=O) groups is 1. The summed E-state index contributed by atoms with van der Waals surface area (Å²) in [6, 6.07) is 0.197. The molecule has 0 radical (unpaired) electrons. The van der Waals surface area contributed by atoms with Gasteiger partial charge < -0.3 is 15.3 Å². The highest BCUT2D eigenvalue weighted by atomic mass is 16.4. The fourth-order valence-corrected chi connectivity index (χ4v) is 2.42. The quantitative estimate of drug-likeness (QED) is 0.546. The van der Waals surface area contributed by atoms with Gasteiger partial charge in [-0.2, -0.15) is 0 Å². The molecule has 2 rings (SSSR count). The van der Waals surface area contributed by atoms with Crippen molar-refractivity contribution in [2.45, 2.75) is 13.0 Å². The highest BCUT2D eigenvalue weighted by Crippen LogP contribution is 2.31. The number of nitrogens with zero attached hydrogens (tertiary/aromatic N) is 1. The molecule has 4 nitrogen and oxygen atoms in total. The first-order valence-corrected chi connectivity index (χ1v) is 4.40. The second-order valence-electron chi connectivity index (χ2n) is 3.76. The van der Waals surface area contributed by atoms with E-state index in [0.717, 1.165) is 13.1 Å². The monoisotopic (exact) mass is 170 g/mol. The maximum atomic E-state index is 10.7. The maximum Gasteiger partial charge on any atom is 0.407 e. The van der Waals surface area contributed by atoms with Gasteiger partial charge in [0.2, 0.25) is 0 Å². The summed E-state index contributed by atoms with van der Waals surface area (Å²) in [6.45, 7) is 4.69. The zero-order valence-electron chi connectivity index (χ0n) is 7.16. The van der Waals surface area contributed by atoms with E-state index in [1.807, 2.05) is 6.92 Å². The van der Waals surface area contributed by atoms with Crippen molar-refractivity contribution in [3.8, 4) is 0 Å². The van der Waals surface area contributed by atoms with Gasteiger partial charge in [-0.05, 0) is 18.8 Å². The number of amides is 1. The highest BCUT2D eigenvalue weighted by molar-refractivity contribution is 5.66. The normalized spacial score (nSPS) is 40.1. The van der Waals surface area contributed by atoms with Crippen LogP contribution in [0, 0.1) is 11.8 Å². The summed E-state index contributed by atoms with van der Waals surface area (Å²) in [6.07, 6.45) is -0.767. The molecule has 2 heterocycles. The summed E-state index contributed by atoms with van der Waals surface area (Å²) in [7, 11) is 0. The molecule has 2 aliphatic heterocycles. The van der Waals surface area contributed by atoms with Crippen LogP contribution in [0.25, 0.3) is 0 Å². The number of carboxylic acid groups (broad SMARTS) is 1.